The summed E-state index contributed by atoms with van der Waals surface area (Å²) in [5.74, 6) is -5.77. The number of ketones is 1. The monoisotopic (exact) mass is 905 g/mol. The number of likely N-dealkylation sites (N-methyl/N-ethyl adjacent to an activating group) is 1. The first-order chi connectivity index (χ1) is 30.8. The predicted octanol–water partition coefficient (Wildman–Crippen LogP) is 5.20. The van der Waals surface area contributed by atoms with E-state index < -0.39 is 102 Å². The molecule has 17 heteroatoms. The van der Waals surface area contributed by atoms with E-state index in [9.17, 15) is 29.1 Å². The van der Waals surface area contributed by atoms with Crippen LogP contribution in [0.4, 0.5) is 9.59 Å². The van der Waals surface area contributed by atoms with Gasteiger partial charge in [0.2, 0.25) is 0 Å². The third kappa shape index (κ3) is 12.6. The molecule has 3 fully saturated rings. The van der Waals surface area contributed by atoms with Crippen molar-refractivity contribution in [1.29, 1.82) is 0 Å². The van der Waals surface area contributed by atoms with Crippen LogP contribution < -0.4 is 10.6 Å². The van der Waals surface area contributed by atoms with Crippen LogP contribution in [0.15, 0.2) is 67.2 Å². The lowest BCUT2D eigenvalue weighted by molar-refractivity contribution is -0.298. The predicted molar refractivity (Wildman–Crippen MR) is 239 cm³/mol. The van der Waals surface area contributed by atoms with Crippen LogP contribution in [0.25, 0.3) is 6.08 Å². The number of fused-ring (bicyclic) bond motifs is 1. The van der Waals surface area contributed by atoms with Crippen LogP contribution in [-0.4, -0.2) is 131 Å². The van der Waals surface area contributed by atoms with E-state index in [-0.39, 0.29) is 37.7 Å². The summed E-state index contributed by atoms with van der Waals surface area (Å²) in [6.07, 6.45) is 4.16. The van der Waals surface area contributed by atoms with Gasteiger partial charge in [-0.15, -0.1) is 0 Å². The number of rotatable bonds is 12. The zero-order valence-corrected chi connectivity index (χ0v) is 39.2. The SMILES string of the molecule is CC[C@H]1OC(=O)[C@H](C)[C@@H](OC(=O)Cc2ccccn2)[C@H](C)[C@@H](O[C@@H]2O[C@H](C)C[C@H](N(C)C)[C@H]2O)[C@](C)(OC(=O)NCC=CC=Cc2cccnc2)C[C@@H](C)C(=O)[C@H](C)[C@H]2NC(=O)O[C@@]21C. The smallest absolute Gasteiger partial charge is 0.408 e. The van der Waals surface area contributed by atoms with E-state index in [0.29, 0.717) is 12.1 Å². The largest absolute Gasteiger partial charge is 0.461 e. The lowest BCUT2D eigenvalue weighted by Crippen LogP contribution is -2.61. The Morgan fingerprint density at radius 3 is 2.45 bits per heavy atom. The number of carbonyl (C=O) groups is 5. The first-order valence-electron chi connectivity index (χ1n) is 22.5. The summed E-state index contributed by atoms with van der Waals surface area (Å²) >= 11 is 0. The van der Waals surface area contributed by atoms with Crippen LogP contribution in [0.3, 0.4) is 0 Å². The zero-order chi connectivity index (χ0) is 47.6. The topological polar surface area (TPSA) is 214 Å². The van der Waals surface area contributed by atoms with Gasteiger partial charge in [-0.2, -0.15) is 0 Å². The van der Waals surface area contributed by atoms with Gasteiger partial charge in [0.05, 0.1) is 30.2 Å². The van der Waals surface area contributed by atoms with E-state index >= 15 is 0 Å². The van der Waals surface area contributed by atoms with Crippen LogP contribution in [0.1, 0.15) is 85.9 Å². The Morgan fingerprint density at radius 1 is 1.03 bits per heavy atom. The molecule has 0 radical (unpaired) electrons. The highest BCUT2D eigenvalue weighted by Gasteiger charge is 2.58. The molecule has 0 aromatic carbocycles. The summed E-state index contributed by atoms with van der Waals surface area (Å²) in [4.78, 5) is 80.3. The number of esters is 2. The van der Waals surface area contributed by atoms with Crippen LogP contribution >= 0.6 is 0 Å². The number of cyclic esters (lactones) is 1. The molecule has 356 valence electrons. The van der Waals surface area contributed by atoms with Crippen molar-refractivity contribution in [2.45, 2.75) is 141 Å². The highest BCUT2D eigenvalue weighted by Crippen LogP contribution is 2.42. The molecule has 0 saturated carbocycles. The third-order valence-electron chi connectivity index (χ3n) is 12.9. The number of aliphatic hydroxyl groups is 1. The molecule has 0 aliphatic carbocycles. The van der Waals surface area contributed by atoms with E-state index in [2.05, 4.69) is 20.6 Å². The molecule has 3 saturated heterocycles. The summed E-state index contributed by atoms with van der Waals surface area (Å²) in [6.45, 7) is 13.5. The second kappa shape index (κ2) is 22.3. The average molecular weight is 906 g/mol. The van der Waals surface area contributed by atoms with Crippen LogP contribution in [-0.2, 0) is 49.2 Å². The average Bonchev–Trinajstić information content (AvgIpc) is 3.58. The maximum absolute atomic E-state index is 14.7. The normalized spacial score (nSPS) is 34.9. The molecule has 3 N–H and O–H groups in total. The molecule has 0 spiro atoms. The minimum Gasteiger partial charge on any atom is -0.461 e. The van der Waals surface area contributed by atoms with Gasteiger partial charge in [-0.3, -0.25) is 24.4 Å². The summed E-state index contributed by atoms with van der Waals surface area (Å²) in [5.41, 5.74) is -1.92. The minimum absolute atomic E-state index is 0.0561. The Kier molecular flexibility index (Phi) is 17.4. The van der Waals surface area contributed by atoms with Gasteiger partial charge in [0, 0.05) is 48.9 Å². The second-order valence-corrected chi connectivity index (χ2v) is 18.2. The number of nitrogens with one attached hydrogen (secondary N) is 2. The molecule has 5 rings (SSSR count). The quantitative estimate of drug-likeness (QED) is 0.142. The molecule has 0 bridgehead atoms. The maximum atomic E-state index is 14.7. The van der Waals surface area contributed by atoms with Crippen LogP contribution in [0.5, 0.6) is 0 Å². The summed E-state index contributed by atoms with van der Waals surface area (Å²) < 4.78 is 37.8. The molecular weight excluding hydrogens is 839 g/mol. The Morgan fingerprint density at radius 2 is 1.78 bits per heavy atom. The molecule has 0 unspecified atom stereocenters. The molecule has 5 heterocycles. The number of pyridine rings is 2. The first kappa shape index (κ1) is 50.8. The number of aliphatic hydroxyl groups excluding tert-OH is 1. The first-order valence-corrected chi connectivity index (χ1v) is 22.5. The number of hydrogen-bond acceptors (Lipinski definition) is 15. The fourth-order valence-electron chi connectivity index (χ4n) is 9.46. The van der Waals surface area contributed by atoms with Crippen molar-refractivity contribution in [1.82, 2.24) is 25.5 Å². The van der Waals surface area contributed by atoms with Gasteiger partial charge in [0.25, 0.3) is 0 Å². The number of aromatic nitrogens is 2. The molecule has 14 atom stereocenters. The van der Waals surface area contributed by atoms with Crippen molar-refractivity contribution in [2.75, 3.05) is 20.6 Å². The van der Waals surface area contributed by atoms with Crippen molar-refractivity contribution in [2.24, 2.45) is 23.7 Å². The lowest BCUT2D eigenvalue weighted by atomic mass is 9.73. The maximum Gasteiger partial charge on any atom is 0.408 e. The van der Waals surface area contributed by atoms with E-state index in [1.807, 2.05) is 44.1 Å². The molecule has 3 aliphatic rings. The number of allylic oxidation sites excluding steroid dienone is 2. The Hall–Kier alpha value is -5.23. The van der Waals surface area contributed by atoms with E-state index in [4.69, 9.17) is 28.4 Å². The van der Waals surface area contributed by atoms with Crippen molar-refractivity contribution in [3.05, 3.63) is 78.4 Å². The van der Waals surface area contributed by atoms with Crippen LogP contribution in [0.2, 0.25) is 0 Å². The third-order valence-corrected chi connectivity index (χ3v) is 12.9. The Labute approximate surface area is 382 Å². The van der Waals surface area contributed by atoms with Crippen molar-refractivity contribution >= 4 is 36.0 Å². The molecule has 2 aromatic rings. The zero-order valence-electron chi connectivity index (χ0n) is 39.2. The van der Waals surface area contributed by atoms with Crippen molar-refractivity contribution in [3.63, 3.8) is 0 Å². The molecule has 17 nitrogen and oxygen atoms in total. The molecule has 3 aliphatic heterocycles. The fourth-order valence-corrected chi connectivity index (χ4v) is 9.46. The van der Waals surface area contributed by atoms with E-state index in [1.54, 1.807) is 103 Å². The van der Waals surface area contributed by atoms with Gasteiger partial charge < -0.3 is 49.1 Å². The summed E-state index contributed by atoms with van der Waals surface area (Å²) in [7, 11) is 3.66. The molecule has 2 aromatic heterocycles. The number of hydrogen-bond donors (Lipinski definition) is 3. The fraction of sp³-hybridized carbons (Fsp3) is 0.604. The highest BCUT2D eigenvalue weighted by molar-refractivity contribution is 5.85. The number of ether oxygens (including phenoxy) is 6. The number of Topliss-reactive ketones (excluding diaryl/α,β-unsaturated/α-hetero) is 1. The van der Waals surface area contributed by atoms with Crippen LogP contribution in [0, 0.1) is 23.7 Å². The minimum atomic E-state index is -1.76. The Balaban J connectivity index is 1.60. The Bertz CT molecular complexity index is 2000. The lowest BCUT2D eigenvalue weighted by Gasteiger charge is -2.48. The molecular formula is C48H67N5O12. The number of amides is 2. The van der Waals surface area contributed by atoms with Gasteiger partial charge in [0.1, 0.15) is 35.8 Å². The summed E-state index contributed by atoms with van der Waals surface area (Å²) in [5, 5.41) is 17.4. The van der Waals surface area contributed by atoms with Gasteiger partial charge in [-0.05, 0) is 84.8 Å². The molecule has 2 amide bonds. The standard InChI is InChI=1S/C48H67N5O12/c1-11-36-48(8)41(52-46(59)65-48)30(4)38(55)28(2)26-47(7,64-45(58)51-23-15-12-13-18-33-19-17-21-49-27-33)42(63-44-39(56)35(53(9)10)24-29(3)60-44)31(5)40(32(6)43(57)61-36)62-37(54)25-34-20-14-16-22-50-34/h12-22,27-32,35-36,39-42,44,56H,11,23-26H2,1-10H3,(H,51,58)(H,52,59)/t28-,29-,30+,31+,32-,35+,36-,39-,40+,41-,42-,44+,47-,48-/m1/s1. The van der Waals surface area contributed by atoms with Gasteiger partial charge in [0.15, 0.2) is 11.9 Å². The van der Waals surface area contributed by atoms with Crippen molar-refractivity contribution in [3.8, 4) is 0 Å². The number of carbonyl (C=O) groups excluding carboxylic acids is 5. The highest BCUT2D eigenvalue weighted by atomic mass is 16.7. The second-order valence-electron chi connectivity index (χ2n) is 18.2. The van der Waals surface area contributed by atoms with E-state index in [0.717, 1.165) is 5.56 Å². The van der Waals surface area contributed by atoms with Gasteiger partial charge in [-0.25, -0.2) is 9.59 Å². The molecule has 65 heavy (non-hydrogen) atoms. The number of alkyl carbamates (subject to hydrolysis) is 2. The summed E-state index contributed by atoms with van der Waals surface area (Å²) in [6, 6.07) is 7.51. The number of nitrogens with zero attached hydrogens (tertiary/aromatic N) is 3. The van der Waals surface area contributed by atoms with E-state index in [1.165, 1.54) is 0 Å². The van der Waals surface area contributed by atoms with Crippen molar-refractivity contribution < 1.29 is 57.5 Å². The van der Waals surface area contributed by atoms with Gasteiger partial charge >= 0.3 is 24.1 Å². The van der Waals surface area contributed by atoms with Gasteiger partial charge in [-0.1, -0.05) is 64.1 Å².